The molecule has 2 aromatic carbocycles. The molecule has 5 heteroatoms. The van der Waals surface area contributed by atoms with Gasteiger partial charge < -0.3 is 15.8 Å². The van der Waals surface area contributed by atoms with Crippen molar-refractivity contribution in [3.05, 3.63) is 53.1 Å². The molecule has 110 valence electrons. The standard InChI is InChI=1S/C16H17ClN2O2/c1-2-9-21-16(20)11-7-8-15(13(18)10-11)19-14-6-4-3-5-12(14)17/h3-8,10,19H,2,9,18H2,1H3. The molecule has 0 aliphatic carbocycles. The fraction of sp³-hybridized carbons (Fsp3) is 0.188. The molecule has 0 aliphatic rings. The average Bonchev–Trinajstić information content (AvgIpc) is 2.49. The topological polar surface area (TPSA) is 64.3 Å². The van der Waals surface area contributed by atoms with Gasteiger partial charge in [0.05, 0.1) is 34.3 Å². The summed E-state index contributed by atoms with van der Waals surface area (Å²) >= 11 is 6.09. The van der Waals surface area contributed by atoms with Crippen LogP contribution in [0.3, 0.4) is 0 Å². The fourth-order valence-corrected chi connectivity index (χ4v) is 1.97. The van der Waals surface area contributed by atoms with Gasteiger partial charge in [0.15, 0.2) is 0 Å². The fourth-order valence-electron chi connectivity index (χ4n) is 1.79. The number of anilines is 3. The van der Waals surface area contributed by atoms with Crippen molar-refractivity contribution in [1.82, 2.24) is 0 Å². The number of ether oxygens (including phenoxy) is 1. The summed E-state index contributed by atoms with van der Waals surface area (Å²) in [6, 6.07) is 12.4. The number of nitrogen functional groups attached to an aromatic ring is 1. The Labute approximate surface area is 128 Å². The minimum absolute atomic E-state index is 0.368. The zero-order valence-corrected chi connectivity index (χ0v) is 12.5. The van der Waals surface area contributed by atoms with Gasteiger partial charge in [-0.25, -0.2) is 4.79 Å². The normalized spacial score (nSPS) is 10.2. The van der Waals surface area contributed by atoms with E-state index in [9.17, 15) is 4.79 Å². The smallest absolute Gasteiger partial charge is 0.338 e. The van der Waals surface area contributed by atoms with Gasteiger partial charge in [-0.3, -0.25) is 0 Å². The summed E-state index contributed by atoms with van der Waals surface area (Å²) in [7, 11) is 0. The predicted molar refractivity (Wildman–Crippen MR) is 86.2 cm³/mol. The Morgan fingerprint density at radius 2 is 2.00 bits per heavy atom. The Balaban J connectivity index is 2.16. The van der Waals surface area contributed by atoms with Crippen molar-refractivity contribution in [2.75, 3.05) is 17.7 Å². The molecule has 2 rings (SSSR count). The van der Waals surface area contributed by atoms with Gasteiger partial charge in [0.1, 0.15) is 0 Å². The summed E-state index contributed by atoms with van der Waals surface area (Å²) in [5.41, 5.74) is 8.31. The van der Waals surface area contributed by atoms with Gasteiger partial charge in [0.2, 0.25) is 0 Å². The maximum atomic E-state index is 11.8. The van der Waals surface area contributed by atoms with E-state index in [1.807, 2.05) is 25.1 Å². The summed E-state index contributed by atoms with van der Waals surface area (Å²) in [6.07, 6.45) is 0.785. The molecule has 0 aromatic heterocycles. The first kappa shape index (κ1) is 15.2. The zero-order valence-electron chi connectivity index (χ0n) is 11.7. The van der Waals surface area contributed by atoms with E-state index in [4.69, 9.17) is 22.1 Å². The largest absolute Gasteiger partial charge is 0.462 e. The Bertz CT molecular complexity index is 644. The molecule has 2 aromatic rings. The number of benzene rings is 2. The van der Waals surface area contributed by atoms with Gasteiger partial charge in [-0.05, 0) is 36.8 Å². The molecule has 0 fully saturated rings. The number of rotatable bonds is 5. The van der Waals surface area contributed by atoms with Crippen LogP contribution in [-0.4, -0.2) is 12.6 Å². The van der Waals surface area contributed by atoms with Gasteiger partial charge in [0.25, 0.3) is 0 Å². The molecule has 4 nitrogen and oxygen atoms in total. The second-order valence-corrected chi connectivity index (χ2v) is 4.95. The summed E-state index contributed by atoms with van der Waals surface area (Å²) in [5, 5.41) is 3.74. The maximum absolute atomic E-state index is 11.8. The Morgan fingerprint density at radius 1 is 1.24 bits per heavy atom. The highest BCUT2D eigenvalue weighted by atomic mass is 35.5. The number of para-hydroxylation sites is 1. The third-order valence-electron chi connectivity index (χ3n) is 2.87. The first-order chi connectivity index (χ1) is 10.1. The van der Waals surface area contributed by atoms with E-state index in [0.29, 0.717) is 28.6 Å². The molecule has 0 aliphatic heterocycles. The van der Waals surface area contributed by atoms with Gasteiger partial charge in [-0.15, -0.1) is 0 Å². The molecule has 3 N–H and O–H groups in total. The Hall–Kier alpha value is -2.20. The summed E-state index contributed by atoms with van der Waals surface area (Å²) in [5.74, 6) is -0.368. The van der Waals surface area contributed by atoms with Crippen molar-refractivity contribution in [2.24, 2.45) is 0 Å². The lowest BCUT2D eigenvalue weighted by atomic mass is 10.1. The van der Waals surface area contributed by atoms with E-state index in [0.717, 1.165) is 12.1 Å². The van der Waals surface area contributed by atoms with Crippen LogP contribution < -0.4 is 11.1 Å². The lowest BCUT2D eigenvalue weighted by Gasteiger charge is -2.12. The average molecular weight is 305 g/mol. The van der Waals surface area contributed by atoms with Crippen molar-refractivity contribution in [3.8, 4) is 0 Å². The van der Waals surface area contributed by atoms with Gasteiger partial charge >= 0.3 is 5.97 Å². The molecule has 0 amide bonds. The van der Waals surface area contributed by atoms with Crippen molar-refractivity contribution >= 4 is 34.6 Å². The van der Waals surface area contributed by atoms with Crippen molar-refractivity contribution < 1.29 is 9.53 Å². The number of hydrogen-bond donors (Lipinski definition) is 2. The second kappa shape index (κ2) is 6.99. The summed E-state index contributed by atoms with van der Waals surface area (Å²) < 4.78 is 5.07. The van der Waals surface area contributed by atoms with Crippen LogP contribution in [0.1, 0.15) is 23.7 Å². The van der Waals surface area contributed by atoms with Crippen molar-refractivity contribution in [2.45, 2.75) is 13.3 Å². The van der Waals surface area contributed by atoms with E-state index in [2.05, 4.69) is 5.32 Å². The quantitative estimate of drug-likeness (QED) is 0.641. The van der Waals surface area contributed by atoms with Gasteiger partial charge in [-0.1, -0.05) is 30.7 Å². The van der Waals surface area contributed by atoms with Crippen LogP contribution in [0, 0.1) is 0 Å². The molecule has 0 heterocycles. The number of hydrogen-bond acceptors (Lipinski definition) is 4. The van der Waals surface area contributed by atoms with E-state index < -0.39 is 0 Å². The first-order valence-corrected chi connectivity index (χ1v) is 7.08. The first-order valence-electron chi connectivity index (χ1n) is 6.70. The van der Waals surface area contributed by atoms with Crippen LogP contribution in [0.4, 0.5) is 17.1 Å². The number of nitrogens with two attached hydrogens (primary N) is 1. The van der Waals surface area contributed by atoms with Crippen LogP contribution in [0.15, 0.2) is 42.5 Å². The van der Waals surface area contributed by atoms with Gasteiger partial charge in [-0.2, -0.15) is 0 Å². The van der Waals surface area contributed by atoms with Crippen LogP contribution >= 0.6 is 11.6 Å². The summed E-state index contributed by atoms with van der Waals surface area (Å²) in [6.45, 7) is 2.34. The lowest BCUT2D eigenvalue weighted by molar-refractivity contribution is 0.0505. The van der Waals surface area contributed by atoms with E-state index in [1.54, 1.807) is 24.3 Å². The van der Waals surface area contributed by atoms with E-state index in [1.165, 1.54) is 0 Å². The van der Waals surface area contributed by atoms with Gasteiger partial charge in [0, 0.05) is 0 Å². The molecule has 0 atom stereocenters. The minimum atomic E-state index is -0.368. The molecule has 0 spiro atoms. The number of halogens is 1. The van der Waals surface area contributed by atoms with E-state index >= 15 is 0 Å². The number of nitrogens with one attached hydrogen (secondary N) is 1. The minimum Gasteiger partial charge on any atom is -0.462 e. The summed E-state index contributed by atoms with van der Waals surface area (Å²) in [4.78, 5) is 11.8. The maximum Gasteiger partial charge on any atom is 0.338 e. The third-order valence-corrected chi connectivity index (χ3v) is 3.20. The van der Waals surface area contributed by atoms with E-state index in [-0.39, 0.29) is 5.97 Å². The molecule has 0 radical (unpaired) electrons. The SMILES string of the molecule is CCCOC(=O)c1ccc(Nc2ccccc2Cl)c(N)c1. The predicted octanol–water partition coefficient (Wildman–Crippen LogP) is 4.23. The molecule has 0 saturated heterocycles. The van der Waals surface area contributed by atoms with Crippen LogP contribution in [0.25, 0.3) is 0 Å². The highest BCUT2D eigenvalue weighted by Gasteiger charge is 2.10. The Morgan fingerprint density at radius 3 is 2.67 bits per heavy atom. The number of carbonyl (C=O) groups excluding carboxylic acids is 1. The van der Waals surface area contributed by atoms with Crippen LogP contribution in [-0.2, 0) is 4.74 Å². The molecule has 21 heavy (non-hydrogen) atoms. The molecule has 0 saturated carbocycles. The van der Waals surface area contributed by atoms with Crippen molar-refractivity contribution in [1.29, 1.82) is 0 Å². The molecular weight excluding hydrogens is 288 g/mol. The Kier molecular flexibility index (Phi) is 5.06. The third kappa shape index (κ3) is 3.89. The monoisotopic (exact) mass is 304 g/mol. The highest BCUT2D eigenvalue weighted by Crippen LogP contribution is 2.28. The lowest BCUT2D eigenvalue weighted by Crippen LogP contribution is -2.07. The number of carbonyl (C=O) groups is 1. The van der Waals surface area contributed by atoms with Crippen LogP contribution in [0.2, 0.25) is 5.02 Å². The number of esters is 1. The molecular formula is C16H17ClN2O2. The van der Waals surface area contributed by atoms with Crippen LogP contribution in [0.5, 0.6) is 0 Å². The molecule has 0 unspecified atom stereocenters. The zero-order chi connectivity index (χ0) is 15.2. The second-order valence-electron chi connectivity index (χ2n) is 4.54. The van der Waals surface area contributed by atoms with Crippen molar-refractivity contribution in [3.63, 3.8) is 0 Å². The molecule has 0 bridgehead atoms. The highest BCUT2D eigenvalue weighted by molar-refractivity contribution is 6.33.